The highest BCUT2D eigenvalue weighted by Gasteiger charge is 2.39. The van der Waals surface area contributed by atoms with Crippen molar-refractivity contribution in [1.82, 2.24) is 9.29 Å². The Morgan fingerprint density at radius 2 is 2.03 bits per heavy atom. The van der Waals surface area contributed by atoms with Crippen molar-refractivity contribution in [2.75, 3.05) is 0 Å². The van der Waals surface area contributed by atoms with Crippen LogP contribution in [0.25, 0.3) is 21.9 Å². The Hall–Kier alpha value is -3.17. The van der Waals surface area contributed by atoms with Gasteiger partial charge >= 0.3 is 5.97 Å². The highest BCUT2D eigenvalue weighted by Crippen LogP contribution is 2.44. The predicted molar refractivity (Wildman–Crippen MR) is 110 cm³/mol. The van der Waals surface area contributed by atoms with Gasteiger partial charge in [-0.3, -0.25) is 0 Å². The molecule has 158 valence electrons. The Kier molecular flexibility index (Phi) is 3.70. The second-order valence-corrected chi connectivity index (χ2v) is 9.86. The van der Waals surface area contributed by atoms with Gasteiger partial charge in [0.25, 0.3) is 10.0 Å². The number of halogens is 1. The van der Waals surface area contributed by atoms with Gasteiger partial charge in [-0.05, 0) is 49.2 Å². The number of hydrogen-bond donors (Lipinski definition) is 2. The minimum absolute atomic E-state index is 0.0624. The third-order valence-electron chi connectivity index (χ3n) is 6.32. The minimum atomic E-state index is -4.32. The van der Waals surface area contributed by atoms with Crippen LogP contribution in [0, 0.1) is 5.82 Å². The number of carbonyl (C=O) groups is 1. The van der Waals surface area contributed by atoms with Crippen LogP contribution in [0.5, 0.6) is 0 Å². The number of fused-ring (bicyclic) bond motifs is 7. The van der Waals surface area contributed by atoms with E-state index in [4.69, 9.17) is 4.42 Å². The third kappa shape index (κ3) is 2.53. The van der Waals surface area contributed by atoms with Crippen molar-refractivity contribution in [3.63, 3.8) is 0 Å². The van der Waals surface area contributed by atoms with Crippen molar-refractivity contribution in [1.29, 1.82) is 0 Å². The molecule has 7 nitrogen and oxygen atoms in total. The fourth-order valence-corrected chi connectivity index (χ4v) is 6.55. The zero-order valence-electron chi connectivity index (χ0n) is 16.1. The van der Waals surface area contributed by atoms with E-state index in [1.807, 2.05) is 0 Å². The van der Waals surface area contributed by atoms with Crippen molar-refractivity contribution in [2.24, 2.45) is 0 Å². The number of furan rings is 1. The summed E-state index contributed by atoms with van der Waals surface area (Å²) in [6.45, 7) is 0. The van der Waals surface area contributed by atoms with Crippen molar-refractivity contribution in [2.45, 2.75) is 36.2 Å². The fourth-order valence-electron chi connectivity index (χ4n) is 5.02. The lowest BCUT2D eigenvalue weighted by atomic mass is 9.96. The van der Waals surface area contributed by atoms with E-state index < -0.39 is 21.8 Å². The molecule has 2 aliphatic rings. The number of nitrogens with one attached hydrogen (secondary N) is 1. The molecule has 31 heavy (non-hydrogen) atoms. The molecule has 1 fully saturated rings. The van der Waals surface area contributed by atoms with E-state index in [-0.39, 0.29) is 28.1 Å². The van der Waals surface area contributed by atoms with Gasteiger partial charge in [0.2, 0.25) is 0 Å². The lowest BCUT2D eigenvalue weighted by Crippen LogP contribution is -2.31. The summed E-state index contributed by atoms with van der Waals surface area (Å²) in [6.07, 6.45) is 3.74. The smallest absolute Gasteiger partial charge is 0.337 e. The largest absolute Gasteiger partial charge is 0.478 e. The van der Waals surface area contributed by atoms with Crippen LogP contribution in [-0.2, 0) is 16.4 Å². The zero-order valence-corrected chi connectivity index (χ0v) is 16.9. The number of aromatic nitrogens is 1. The van der Waals surface area contributed by atoms with Crippen LogP contribution >= 0.6 is 0 Å². The van der Waals surface area contributed by atoms with Crippen molar-refractivity contribution < 1.29 is 27.1 Å². The molecule has 2 atom stereocenters. The number of carboxylic acid groups (broad SMARTS) is 1. The lowest BCUT2D eigenvalue weighted by molar-refractivity contribution is 0.0694. The number of rotatable bonds is 3. The molecular formula is C22H17FN2O5S. The van der Waals surface area contributed by atoms with Gasteiger partial charge in [0.15, 0.2) is 0 Å². The number of aromatic carboxylic acids is 1. The first kappa shape index (κ1) is 18.6. The van der Waals surface area contributed by atoms with Crippen LogP contribution < -0.4 is 5.32 Å². The third-order valence-corrected chi connectivity index (χ3v) is 8.06. The van der Waals surface area contributed by atoms with Crippen LogP contribution in [0.4, 0.5) is 4.39 Å². The van der Waals surface area contributed by atoms with Crippen LogP contribution in [0.3, 0.4) is 0 Å². The van der Waals surface area contributed by atoms with E-state index in [0.717, 1.165) is 28.4 Å². The maximum absolute atomic E-state index is 13.8. The van der Waals surface area contributed by atoms with Gasteiger partial charge in [0.05, 0.1) is 11.1 Å². The zero-order chi connectivity index (χ0) is 21.5. The van der Waals surface area contributed by atoms with E-state index in [1.54, 1.807) is 6.07 Å². The molecule has 2 aromatic heterocycles. The molecule has 0 radical (unpaired) electrons. The summed E-state index contributed by atoms with van der Waals surface area (Å²) in [5, 5.41) is 14.4. The van der Waals surface area contributed by atoms with Crippen molar-refractivity contribution in [3.8, 4) is 0 Å². The summed E-state index contributed by atoms with van der Waals surface area (Å²) < 4.78 is 47.8. The average molecular weight is 440 g/mol. The molecule has 0 saturated carbocycles. The molecule has 0 amide bonds. The SMILES string of the molecule is O=C(O)c1c(S(=O)(=O)n2ccc3ccc(F)cc32)ccc2oc3c(c12)C1CCC(C3)N1. The molecule has 2 aromatic carbocycles. The highest BCUT2D eigenvalue weighted by atomic mass is 32.2. The Morgan fingerprint density at radius 1 is 1.19 bits per heavy atom. The second-order valence-electron chi connectivity index (χ2n) is 8.07. The van der Waals surface area contributed by atoms with Crippen molar-refractivity contribution >= 4 is 37.9 Å². The summed E-state index contributed by atoms with van der Waals surface area (Å²) in [7, 11) is -4.32. The van der Waals surface area contributed by atoms with Gasteiger partial charge in [-0.1, -0.05) is 0 Å². The van der Waals surface area contributed by atoms with Gasteiger partial charge in [-0.15, -0.1) is 0 Å². The molecular weight excluding hydrogens is 423 g/mol. The van der Waals surface area contributed by atoms with E-state index in [9.17, 15) is 22.7 Å². The number of hydrogen-bond acceptors (Lipinski definition) is 5. The molecule has 0 spiro atoms. The summed E-state index contributed by atoms with van der Waals surface area (Å²) in [5.41, 5.74) is 0.930. The average Bonchev–Trinajstić information content (AvgIpc) is 3.42. The molecule has 4 aromatic rings. The molecule has 4 heterocycles. The fraction of sp³-hybridized carbons (Fsp3) is 0.227. The van der Waals surface area contributed by atoms with Gasteiger partial charge in [-0.2, -0.15) is 0 Å². The quantitative estimate of drug-likeness (QED) is 0.502. The Labute approximate surface area is 176 Å². The van der Waals surface area contributed by atoms with Crippen LogP contribution in [0.15, 0.2) is 51.9 Å². The van der Waals surface area contributed by atoms with E-state index in [0.29, 0.717) is 28.5 Å². The Bertz CT molecular complexity index is 1520. The van der Waals surface area contributed by atoms with Crippen LogP contribution in [0.2, 0.25) is 0 Å². The number of nitrogens with zero attached hydrogens (tertiary/aromatic N) is 1. The van der Waals surface area contributed by atoms with Crippen LogP contribution in [0.1, 0.15) is 40.6 Å². The molecule has 2 N–H and O–H groups in total. The maximum atomic E-state index is 13.8. The minimum Gasteiger partial charge on any atom is -0.478 e. The summed E-state index contributed by atoms with van der Waals surface area (Å²) in [4.78, 5) is 12.0. The maximum Gasteiger partial charge on any atom is 0.337 e. The number of benzene rings is 2. The predicted octanol–water partition coefficient (Wildman–Crippen LogP) is 3.81. The molecule has 6 rings (SSSR count). The first-order chi connectivity index (χ1) is 14.8. The van der Waals surface area contributed by atoms with E-state index in [2.05, 4.69) is 5.32 Å². The monoisotopic (exact) mass is 440 g/mol. The lowest BCUT2D eigenvalue weighted by Gasteiger charge is -2.21. The number of carboxylic acids is 1. The molecule has 0 aliphatic carbocycles. The summed E-state index contributed by atoms with van der Waals surface area (Å²) in [5.74, 6) is -1.22. The second kappa shape index (κ2) is 6.18. The highest BCUT2D eigenvalue weighted by molar-refractivity contribution is 7.90. The topological polar surface area (TPSA) is 102 Å². The molecule has 1 saturated heterocycles. The first-order valence-electron chi connectivity index (χ1n) is 9.94. The van der Waals surface area contributed by atoms with Crippen molar-refractivity contribution in [3.05, 3.63) is 65.3 Å². The first-order valence-corrected chi connectivity index (χ1v) is 11.4. The van der Waals surface area contributed by atoms with E-state index >= 15 is 0 Å². The standard InChI is InChI=1S/C22H17FN2O5S/c23-12-2-1-11-7-8-25(15(11)9-12)31(28,29)18-6-5-16-20(21(18)22(26)27)19-14-4-3-13(24-14)10-17(19)30-16/h1-2,5-9,13-14,24H,3-4,10H2,(H,26,27). The molecule has 2 aliphatic heterocycles. The Morgan fingerprint density at radius 3 is 2.84 bits per heavy atom. The van der Waals surface area contributed by atoms with E-state index in [1.165, 1.54) is 30.5 Å². The normalized spacial score (nSPS) is 20.4. The molecule has 2 bridgehead atoms. The van der Waals surface area contributed by atoms with Gasteiger partial charge < -0.3 is 14.8 Å². The Balaban J connectivity index is 1.65. The molecule has 2 unspecified atom stereocenters. The summed E-state index contributed by atoms with van der Waals surface area (Å²) in [6, 6.07) is 8.38. The van der Waals surface area contributed by atoms with Crippen LogP contribution in [-0.4, -0.2) is 29.5 Å². The molecule has 9 heteroatoms. The summed E-state index contributed by atoms with van der Waals surface area (Å²) >= 11 is 0. The van der Waals surface area contributed by atoms with Gasteiger partial charge in [-0.25, -0.2) is 21.6 Å². The van der Waals surface area contributed by atoms with Gasteiger partial charge in [0, 0.05) is 41.0 Å². The van der Waals surface area contributed by atoms with Gasteiger partial charge in [0.1, 0.15) is 22.1 Å².